The SMILES string of the molecule is Cc1ccc(C(C)(C)c2ccc(CCc3ccc(C(c4ccc(C)c(C)c4)(C(F)(F)F)C(F)(F)F)cc3C)c(C)c2)cc1C. The van der Waals surface area contributed by atoms with Crippen LogP contribution in [0, 0.1) is 41.5 Å². The summed E-state index contributed by atoms with van der Waals surface area (Å²) in [7, 11) is 0. The number of alkyl halides is 6. The molecule has 0 spiro atoms. The lowest BCUT2D eigenvalue weighted by Crippen LogP contribution is -2.54. The summed E-state index contributed by atoms with van der Waals surface area (Å²) in [6.45, 7) is 15.4. The molecule has 0 aromatic heterocycles. The highest BCUT2D eigenvalue weighted by molar-refractivity contribution is 5.49. The van der Waals surface area contributed by atoms with Crippen LogP contribution in [0.1, 0.15) is 80.6 Å². The van der Waals surface area contributed by atoms with Gasteiger partial charge in [-0.3, -0.25) is 0 Å². The summed E-state index contributed by atoms with van der Waals surface area (Å²) in [5, 5.41) is 0. The largest absolute Gasteiger partial charge is 0.411 e. The molecule has 0 heterocycles. The van der Waals surface area contributed by atoms with Crippen LogP contribution in [0.4, 0.5) is 26.3 Å². The highest BCUT2D eigenvalue weighted by Crippen LogP contribution is 2.56. The van der Waals surface area contributed by atoms with E-state index in [0.717, 1.165) is 35.4 Å². The van der Waals surface area contributed by atoms with Crippen LogP contribution in [0.5, 0.6) is 0 Å². The van der Waals surface area contributed by atoms with Gasteiger partial charge in [-0.05, 0) is 121 Å². The first-order valence-electron chi connectivity index (χ1n) is 14.8. The van der Waals surface area contributed by atoms with Crippen LogP contribution in [0.15, 0.2) is 72.8 Å². The fourth-order valence-electron chi connectivity index (χ4n) is 6.10. The zero-order valence-corrected chi connectivity index (χ0v) is 26.6. The second-order valence-corrected chi connectivity index (χ2v) is 12.8. The van der Waals surface area contributed by atoms with E-state index in [1.54, 1.807) is 13.8 Å². The van der Waals surface area contributed by atoms with E-state index in [-0.39, 0.29) is 5.41 Å². The van der Waals surface area contributed by atoms with E-state index in [4.69, 9.17) is 0 Å². The van der Waals surface area contributed by atoms with E-state index < -0.39 is 28.9 Å². The average molecular weight is 611 g/mol. The van der Waals surface area contributed by atoms with Gasteiger partial charge in [-0.2, -0.15) is 26.3 Å². The van der Waals surface area contributed by atoms with Gasteiger partial charge in [-0.25, -0.2) is 0 Å². The molecule has 0 unspecified atom stereocenters. The van der Waals surface area contributed by atoms with Gasteiger partial charge in [0.15, 0.2) is 0 Å². The van der Waals surface area contributed by atoms with E-state index in [0.29, 0.717) is 35.1 Å². The molecule has 234 valence electrons. The average Bonchev–Trinajstić information content (AvgIpc) is 2.91. The number of rotatable bonds is 7. The van der Waals surface area contributed by atoms with Gasteiger partial charge in [0.2, 0.25) is 5.41 Å². The van der Waals surface area contributed by atoms with Gasteiger partial charge < -0.3 is 0 Å². The molecule has 4 rings (SSSR count). The Kier molecular flexibility index (Phi) is 8.91. The van der Waals surface area contributed by atoms with Crippen LogP contribution in [0.2, 0.25) is 0 Å². The van der Waals surface area contributed by atoms with Gasteiger partial charge in [0.1, 0.15) is 0 Å². The van der Waals surface area contributed by atoms with Crippen LogP contribution in [0.3, 0.4) is 0 Å². The summed E-state index contributed by atoms with van der Waals surface area (Å²) in [6.07, 6.45) is -10.1. The van der Waals surface area contributed by atoms with Crippen molar-refractivity contribution in [3.63, 3.8) is 0 Å². The van der Waals surface area contributed by atoms with Gasteiger partial charge >= 0.3 is 12.4 Å². The summed E-state index contributed by atoms with van der Waals surface area (Å²) in [6, 6.07) is 19.6. The molecule has 0 amide bonds. The minimum atomic E-state index is -5.61. The van der Waals surface area contributed by atoms with Gasteiger partial charge in [-0.15, -0.1) is 0 Å². The first-order valence-corrected chi connectivity index (χ1v) is 14.8. The lowest BCUT2D eigenvalue weighted by atomic mass is 9.71. The van der Waals surface area contributed by atoms with Crippen LogP contribution in [-0.2, 0) is 23.7 Å². The predicted molar refractivity (Wildman–Crippen MR) is 167 cm³/mol. The number of benzene rings is 4. The third kappa shape index (κ3) is 5.92. The van der Waals surface area contributed by atoms with Crippen molar-refractivity contribution in [3.05, 3.63) is 140 Å². The van der Waals surface area contributed by atoms with Crippen molar-refractivity contribution in [1.29, 1.82) is 0 Å². The van der Waals surface area contributed by atoms with Crippen LogP contribution in [0.25, 0.3) is 0 Å². The summed E-state index contributed by atoms with van der Waals surface area (Å²) < 4.78 is 88.0. The van der Waals surface area contributed by atoms with Crippen molar-refractivity contribution in [2.45, 2.75) is 91.4 Å². The molecule has 4 aromatic rings. The van der Waals surface area contributed by atoms with Crippen molar-refractivity contribution >= 4 is 0 Å². The monoisotopic (exact) mass is 610 g/mol. The Labute approximate surface area is 257 Å². The molecule has 0 atom stereocenters. The van der Waals surface area contributed by atoms with Crippen molar-refractivity contribution in [3.8, 4) is 0 Å². The fraction of sp³-hybridized carbons (Fsp3) is 0.368. The van der Waals surface area contributed by atoms with Gasteiger partial charge in [0.05, 0.1) is 0 Å². The van der Waals surface area contributed by atoms with Gasteiger partial charge in [0.25, 0.3) is 0 Å². The molecule has 4 aromatic carbocycles. The summed E-state index contributed by atoms with van der Waals surface area (Å²) in [5.74, 6) is 0. The Hall–Kier alpha value is -3.54. The maximum Gasteiger partial charge on any atom is 0.411 e. The third-order valence-corrected chi connectivity index (χ3v) is 9.52. The van der Waals surface area contributed by atoms with E-state index in [2.05, 4.69) is 64.1 Å². The molecule has 0 bridgehead atoms. The Morgan fingerprint density at radius 3 is 1.11 bits per heavy atom. The van der Waals surface area contributed by atoms with E-state index in [9.17, 15) is 26.3 Å². The van der Waals surface area contributed by atoms with Crippen LogP contribution >= 0.6 is 0 Å². The Bertz CT molecular complexity index is 1660. The molecular formula is C38H40F6. The molecular weight excluding hydrogens is 570 g/mol. The standard InChI is InChI=1S/C38H40F6/c1-23-9-15-31(19-25(23)3)35(7,8)32-17-13-29(27(5)21-32)11-12-30-14-18-34(22-28(30)6)36(37(39,40)41,38(42,43)44)33-16-10-24(2)26(4)20-33/h9-10,13-22H,11-12H2,1-8H3. The van der Waals surface area contributed by atoms with E-state index in [1.165, 1.54) is 41.3 Å². The summed E-state index contributed by atoms with van der Waals surface area (Å²) >= 11 is 0. The highest BCUT2D eigenvalue weighted by Gasteiger charge is 2.72. The Morgan fingerprint density at radius 2 is 0.727 bits per heavy atom. The zero-order chi connectivity index (χ0) is 32.8. The molecule has 0 radical (unpaired) electrons. The number of halogens is 6. The van der Waals surface area contributed by atoms with Crippen molar-refractivity contribution < 1.29 is 26.3 Å². The predicted octanol–water partition coefficient (Wildman–Crippen LogP) is 11.1. The Morgan fingerprint density at radius 1 is 0.409 bits per heavy atom. The molecule has 0 nitrogen and oxygen atoms in total. The zero-order valence-electron chi connectivity index (χ0n) is 26.6. The summed E-state index contributed by atoms with van der Waals surface area (Å²) in [5.41, 5.74) is 3.15. The van der Waals surface area contributed by atoms with Crippen molar-refractivity contribution in [2.75, 3.05) is 0 Å². The molecule has 0 N–H and O–H groups in total. The smallest absolute Gasteiger partial charge is 0.169 e. The molecule has 6 heteroatoms. The lowest BCUT2D eigenvalue weighted by molar-refractivity contribution is -0.288. The maximum absolute atomic E-state index is 14.7. The highest BCUT2D eigenvalue weighted by atomic mass is 19.4. The first kappa shape index (κ1) is 33.4. The van der Waals surface area contributed by atoms with Crippen LogP contribution < -0.4 is 0 Å². The van der Waals surface area contributed by atoms with E-state index >= 15 is 0 Å². The van der Waals surface area contributed by atoms with Gasteiger partial charge in [0, 0.05) is 5.41 Å². The van der Waals surface area contributed by atoms with Crippen LogP contribution in [-0.4, -0.2) is 12.4 Å². The molecule has 44 heavy (non-hydrogen) atoms. The fourth-order valence-corrected chi connectivity index (χ4v) is 6.10. The third-order valence-electron chi connectivity index (χ3n) is 9.52. The summed E-state index contributed by atoms with van der Waals surface area (Å²) in [4.78, 5) is 0. The quantitative estimate of drug-likeness (QED) is 0.183. The lowest BCUT2D eigenvalue weighted by Gasteiger charge is -2.39. The topological polar surface area (TPSA) is 0 Å². The number of aryl methyl sites for hydroxylation is 8. The molecule has 0 saturated carbocycles. The molecule has 0 fully saturated rings. The van der Waals surface area contributed by atoms with Crippen molar-refractivity contribution in [2.24, 2.45) is 0 Å². The second-order valence-electron chi connectivity index (χ2n) is 12.8. The number of hydrogen-bond acceptors (Lipinski definition) is 0. The first-order chi connectivity index (χ1) is 20.3. The maximum atomic E-state index is 14.7. The number of hydrogen-bond donors (Lipinski definition) is 0. The molecule has 0 aliphatic rings. The minimum Gasteiger partial charge on any atom is -0.169 e. The second kappa shape index (κ2) is 11.8. The van der Waals surface area contributed by atoms with Crippen molar-refractivity contribution in [1.82, 2.24) is 0 Å². The van der Waals surface area contributed by atoms with E-state index in [1.807, 2.05) is 6.92 Å². The van der Waals surface area contributed by atoms with Gasteiger partial charge in [-0.1, -0.05) is 86.6 Å². The molecule has 0 saturated heterocycles. The molecule has 0 aliphatic heterocycles. The normalized spacial score (nSPS) is 13.0. The Balaban J connectivity index is 1.65. The minimum absolute atomic E-state index is 0.215. The molecule has 0 aliphatic carbocycles.